The highest BCUT2D eigenvalue weighted by Crippen LogP contribution is 2.24. The van der Waals surface area contributed by atoms with Gasteiger partial charge in [-0.25, -0.2) is 4.98 Å². The highest BCUT2D eigenvalue weighted by Gasteiger charge is 2.14. The molecule has 94 valence electrons. The molecule has 1 aromatic rings. The van der Waals surface area contributed by atoms with Gasteiger partial charge in [-0.1, -0.05) is 6.92 Å². The Morgan fingerprint density at radius 1 is 1.35 bits per heavy atom. The number of anilines is 1. The monoisotopic (exact) mass is 234 g/mol. The molecule has 1 fully saturated rings. The summed E-state index contributed by atoms with van der Waals surface area (Å²) in [7, 11) is 0. The second kappa shape index (κ2) is 5.50. The van der Waals surface area contributed by atoms with Crippen LogP contribution in [0.1, 0.15) is 49.8 Å². The van der Waals surface area contributed by atoms with Crippen molar-refractivity contribution in [3.05, 3.63) is 23.4 Å². The van der Waals surface area contributed by atoms with Gasteiger partial charge in [0.25, 0.3) is 0 Å². The molecule has 0 unspecified atom stereocenters. The molecule has 1 aliphatic rings. The summed E-state index contributed by atoms with van der Waals surface area (Å²) < 4.78 is 0. The van der Waals surface area contributed by atoms with Crippen molar-refractivity contribution in [2.45, 2.75) is 45.6 Å². The molecule has 0 aromatic carbocycles. The summed E-state index contributed by atoms with van der Waals surface area (Å²) >= 11 is 0. The quantitative estimate of drug-likeness (QED) is 0.873. The third-order valence-electron chi connectivity index (χ3n) is 3.56. The number of aryl methyl sites for hydroxylation is 1. The number of nitrogens with zero attached hydrogens (tertiary/aromatic N) is 2. The van der Waals surface area contributed by atoms with Gasteiger partial charge in [0.05, 0.1) is 6.10 Å². The highest BCUT2D eigenvalue weighted by atomic mass is 16.3. The Labute approximate surface area is 103 Å². The van der Waals surface area contributed by atoms with E-state index < -0.39 is 0 Å². The van der Waals surface area contributed by atoms with Crippen LogP contribution in [-0.2, 0) is 0 Å². The van der Waals surface area contributed by atoms with E-state index in [-0.39, 0.29) is 6.10 Å². The van der Waals surface area contributed by atoms with Gasteiger partial charge in [0, 0.05) is 24.8 Å². The van der Waals surface area contributed by atoms with Crippen LogP contribution >= 0.6 is 0 Å². The van der Waals surface area contributed by atoms with Gasteiger partial charge in [-0.2, -0.15) is 0 Å². The molecule has 0 spiro atoms. The van der Waals surface area contributed by atoms with Crippen molar-refractivity contribution < 1.29 is 5.11 Å². The number of aliphatic hydroxyl groups is 1. The van der Waals surface area contributed by atoms with Gasteiger partial charge in [-0.15, -0.1) is 0 Å². The molecule has 0 bridgehead atoms. The Hall–Kier alpha value is -1.09. The van der Waals surface area contributed by atoms with Gasteiger partial charge < -0.3 is 10.0 Å². The Balaban J connectivity index is 2.17. The lowest BCUT2D eigenvalue weighted by Gasteiger charge is -2.28. The minimum absolute atomic E-state index is 0.377. The third-order valence-corrected chi connectivity index (χ3v) is 3.56. The van der Waals surface area contributed by atoms with Crippen LogP contribution in [0.25, 0.3) is 0 Å². The Kier molecular flexibility index (Phi) is 4.00. The Bertz CT molecular complexity index is 372. The van der Waals surface area contributed by atoms with Crippen LogP contribution in [0.2, 0.25) is 0 Å². The number of aliphatic hydroxyl groups excluding tert-OH is 1. The maximum Gasteiger partial charge on any atom is 0.128 e. The molecule has 1 N–H and O–H groups in total. The SMILES string of the molecule is CC[C@H](O)c1cnc(N2CCCCC2)cc1C. The van der Waals surface area contributed by atoms with Crippen LogP contribution in [0.5, 0.6) is 0 Å². The van der Waals surface area contributed by atoms with E-state index in [0.717, 1.165) is 36.5 Å². The van der Waals surface area contributed by atoms with E-state index >= 15 is 0 Å². The van der Waals surface area contributed by atoms with Crippen molar-refractivity contribution in [1.82, 2.24) is 4.98 Å². The maximum atomic E-state index is 9.86. The van der Waals surface area contributed by atoms with Gasteiger partial charge in [-0.3, -0.25) is 0 Å². The van der Waals surface area contributed by atoms with Crippen molar-refractivity contribution >= 4 is 5.82 Å². The van der Waals surface area contributed by atoms with Crippen molar-refractivity contribution in [3.8, 4) is 0 Å². The third kappa shape index (κ3) is 2.78. The molecule has 1 atom stereocenters. The molecule has 2 heterocycles. The number of aromatic nitrogens is 1. The standard InChI is InChI=1S/C14H22N2O/c1-3-13(17)12-10-15-14(9-11(12)2)16-7-5-4-6-8-16/h9-10,13,17H,3-8H2,1-2H3/t13-/m0/s1. The molecule has 0 aliphatic carbocycles. The number of piperidine rings is 1. The molecule has 1 aromatic heterocycles. The molecule has 0 radical (unpaired) electrons. The van der Waals surface area contributed by atoms with Crippen LogP contribution in [-0.4, -0.2) is 23.2 Å². The lowest BCUT2D eigenvalue weighted by molar-refractivity contribution is 0.172. The summed E-state index contributed by atoms with van der Waals surface area (Å²) in [6.45, 7) is 6.27. The molecule has 0 saturated carbocycles. The highest BCUT2D eigenvalue weighted by molar-refractivity contribution is 5.44. The number of rotatable bonds is 3. The minimum atomic E-state index is -0.377. The van der Waals surface area contributed by atoms with E-state index in [4.69, 9.17) is 0 Å². The van der Waals surface area contributed by atoms with E-state index in [1.807, 2.05) is 13.1 Å². The summed E-state index contributed by atoms with van der Waals surface area (Å²) in [4.78, 5) is 6.84. The van der Waals surface area contributed by atoms with Crippen LogP contribution in [0.4, 0.5) is 5.82 Å². The molecule has 17 heavy (non-hydrogen) atoms. The molecule has 2 rings (SSSR count). The number of pyridine rings is 1. The minimum Gasteiger partial charge on any atom is -0.388 e. The van der Waals surface area contributed by atoms with Gasteiger partial charge in [0.2, 0.25) is 0 Å². The molecule has 0 amide bonds. The normalized spacial score (nSPS) is 18.2. The van der Waals surface area contributed by atoms with Crippen LogP contribution in [0.15, 0.2) is 12.3 Å². The predicted octanol–water partition coefficient (Wildman–Crippen LogP) is 2.82. The Morgan fingerprint density at radius 3 is 2.65 bits per heavy atom. The fourth-order valence-electron chi connectivity index (χ4n) is 2.42. The first kappa shape index (κ1) is 12.4. The molecule has 1 aliphatic heterocycles. The largest absolute Gasteiger partial charge is 0.388 e. The molecule has 1 saturated heterocycles. The summed E-state index contributed by atoms with van der Waals surface area (Å²) in [5.41, 5.74) is 2.11. The molecular weight excluding hydrogens is 212 g/mol. The summed E-state index contributed by atoms with van der Waals surface area (Å²) in [6, 6.07) is 2.11. The summed E-state index contributed by atoms with van der Waals surface area (Å²) in [5.74, 6) is 1.06. The number of hydrogen-bond acceptors (Lipinski definition) is 3. The zero-order valence-electron chi connectivity index (χ0n) is 10.8. The van der Waals surface area contributed by atoms with E-state index in [2.05, 4.69) is 22.9 Å². The second-order valence-corrected chi connectivity index (χ2v) is 4.87. The summed E-state index contributed by atoms with van der Waals surface area (Å²) in [5, 5.41) is 9.86. The van der Waals surface area contributed by atoms with Crippen molar-refractivity contribution in [3.63, 3.8) is 0 Å². The fourth-order valence-corrected chi connectivity index (χ4v) is 2.42. The first-order chi connectivity index (χ1) is 8.22. The van der Waals surface area contributed by atoms with E-state index in [0.29, 0.717) is 0 Å². The first-order valence-corrected chi connectivity index (χ1v) is 6.62. The predicted molar refractivity (Wildman–Crippen MR) is 70.3 cm³/mol. The lowest BCUT2D eigenvalue weighted by atomic mass is 10.0. The topological polar surface area (TPSA) is 36.4 Å². The van der Waals surface area contributed by atoms with Crippen molar-refractivity contribution in [2.75, 3.05) is 18.0 Å². The zero-order valence-corrected chi connectivity index (χ0v) is 10.8. The lowest BCUT2D eigenvalue weighted by Crippen LogP contribution is -2.30. The second-order valence-electron chi connectivity index (χ2n) is 4.87. The van der Waals surface area contributed by atoms with Gasteiger partial charge in [0.1, 0.15) is 5.82 Å². The van der Waals surface area contributed by atoms with Gasteiger partial charge >= 0.3 is 0 Å². The average Bonchev–Trinajstić information content (AvgIpc) is 2.39. The van der Waals surface area contributed by atoms with E-state index in [1.54, 1.807) is 0 Å². The first-order valence-electron chi connectivity index (χ1n) is 6.62. The molecule has 3 nitrogen and oxygen atoms in total. The Morgan fingerprint density at radius 2 is 2.06 bits per heavy atom. The fraction of sp³-hybridized carbons (Fsp3) is 0.643. The van der Waals surface area contributed by atoms with Gasteiger partial charge in [0.15, 0.2) is 0 Å². The van der Waals surface area contributed by atoms with Crippen LogP contribution in [0, 0.1) is 6.92 Å². The van der Waals surface area contributed by atoms with Crippen molar-refractivity contribution in [2.24, 2.45) is 0 Å². The maximum absolute atomic E-state index is 9.86. The molecular formula is C14H22N2O. The average molecular weight is 234 g/mol. The van der Waals surface area contributed by atoms with E-state index in [9.17, 15) is 5.11 Å². The zero-order chi connectivity index (χ0) is 12.3. The summed E-state index contributed by atoms with van der Waals surface area (Å²) in [6.07, 6.45) is 6.07. The van der Waals surface area contributed by atoms with Gasteiger partial charge in [-0.05, 0) is 44.2 Å². The van der Waals surface area contributed by atoms with E-state index in [1.165, 1.54) is 19.3 Å². The number of hydrogen-bond donors (Lipinski definition) is 1. The van der Waals surface area contributed by atoms with Crippen LogP contribution < -0.4 is 4.90 Å². The smallest absolute Gasteiger partial charge is 0.128 e. The van der Waals surface area contributed by atoms with Crippen LogP contribution in [0.3, 0.4) is 0 Å². The van der Waals surface area contributed by atoms with Crippen molar-refractivity contribution in [1.29, 1.82) is 0 Å². The molecule has 3 heteroatoms.